The summed E-state index contributed by atoms with van der Waals surface area (Å²) in [5, 5.41) is 5.35. The quantitative estimate of drug-likeness (QED) is 0.660. The zero-order valence-corrected chi connectivity index (χ0v) is 17.2. The van der Waals surface area contributed by atoms with Crippen molar-refractivity contribution in [1.82, 2.24) is 9.97 Å². The second-order valence-electron chi connectivity index (χ2n) is 6.69. The lowest BCUT2D eigenvalue weighted by atomic mass is 10.2. The largest absolute Gasteiger partial charge is 0.497 e. The van der Waals surface area contributed by atoms with E-state index in [0.29, 0.717) is 22.9 Å². The number of hydrogen-bond donors (Lipinski definition) is 1. The van der Waals surface area contributed by atoms with Gasteiger partial charge in [-0.05, 0) is 25.0 Å². The molecule has 4 rings (SSSR count). The third kappa shape index (κ3) is 4.32. The second kappa shape index (κ2) is 8.48. The standard InChI is InChI=1S/C21H22N4O3S/c1-27-16-9-15(10-17(11-16)28-2)23-20(26)18-13-29-21(24-18)14-5-6-19(22-12-14)25-7-3-4-8-25/h5-6,9-13H,3-4,7-8H2,1-2H3,(H,23,26). The van der Waals surface area contributed by atoms with Crippen LogP contribution in [0.3, 0.4) is 0 Å². The number of carbonyl (C=O) groups excluding carboxylic acids is 1. The highest BCUT2D eigenvalue weighted by atomic mass is 32.1. The van der Waals surface area contributed by atoms with Crippen molar-refractivity contribution < 1.29 is 14.3 Å². The highest BCUT2D eigenvalue weighted by Crippen LogP contribution is 2.28. The predicted molar refractivity (Wildman–Crippen MR) is 114 cm³/mol. The second-order valence-corrected chi connectivity index (χ2v) is 7.55. The van der Waals surface area contributed by atoms with E-state index in [2.05, 4.69) is 20.2 Å². The fourth-order valence-electron chi connectivity index (χ4n) is 3.23. The molecule has 1 amide bonds. The lowest BCUT2D eigenvalue weighted by Crippen LogP contribution is -2.18. The molecule has 0 atom stereocenters. The molecule has 1 saturated heterocycles. The minimum Gasteiger partial charge on any atom is -0.497 e. The van der Waals surface area contributed by atoms with Crippen molar-refractivity contribution in [2.75, 3.05) is 37.5 Å². The number of pyridine rings is 1. The third-order valence-electron chi connectivity index (χ3n) is 4.77. The van der Waals surface area contributed by atoms with E-state index < -0.39 is 0 Å². The van der Waals surface area contributed by atoms with E-state index in [9.17, 15) is 4.79 Å². The predicted octanol–water partition coefficient (Wildman–Crippen LogP) is 4.07. The third-order valence-corrected chi connectivity index (χ3v) is 5.66. The van der Waals surface area contributed by atoms with Crippen molar-refractivity contribution in [1.29, 1.82) is 0 Å². The van der Waals surface area contributed by atoms with Crippen LogP contribution in [0.5, 0.6) is 11.5 Å². The average molecular weight is 410 g/mol. The minimum absolute atomic E-state index is 0.288. The van der Waals surface area contributed by atoms with Gasteiger partial charge in [-0.3, -0.25) is 4.79 Å². The van der Waals surface area contributed by atoms with Gasteiger partial charge in [-0.15, -0.1) is 11.3 Å². The molecule has 1 fully saturated rings. The van der Waals surface area contributed by atoms with Gasteiger partial charge >= 0.3 is 0 Å². The highest BCUT2D eigenvalue weighted by Gasteiger charge is 2.16. The van der Waals surface area contributed by atoms with E-state index in [4.69, 9.17) is 9.47 Å². The number of aromatic nitrogens is 2. The Labute approximate surface area is 173 Å². The van der Waals surface area contributed by atoms with Gasteiger partial charge in [-0.2, -0.15) is 0 Å². The summed E-state index contributed by atoms with van der Waals surface area (Å²) < 4.78 is 10.5. The van der Waals surface area contributed by atoms with E-state index in [0.717, 1.165) is 29.5 Å². The molecule has 3 aromatic rings. The van der Waals surface area contributed by atoms with Gasteiger partial charge in [0.05, 0.1) is 14.2 Å². The van der Waals surface area contributed by atoms with Crippen molar-refractivity contribution in [3.05, 3.63) is 47.6 Å². The smallest absolute Gasteiger partial charge is 0.275 e. The van der Waals surface area contributed by atoms with E-state index in [1.54, 1.807) is 37.8 Å². The molecule has 2 aromatic heterocycles. The summed E-state index contributed by atoms with van der Waals surface area (Å²) in [4.78, 5) is 23.9. The molecule has 0 spiro atoms. The van der Waals surface area contributed by atoms with Gasteiger partial charge in [0.25, 0.3) is 5.91 Å². The fraction of sp³-hybridized carbons (Fsp3) is 0.286. The number of benzene rings is 1. The molecule has 0 radical (unpaired) electrons. The Balaban J connectivity index is 1.48. The number of hydrogen-bond acceptors (Lipinski definition) is 7. The molecule has 0 bridgehead atoms. The van der Waals surface area contributed by atoms with Crippen LogP contribution in [0.25, 0.3) is 10.6 Å². The molecule has 29 heavy (non-hydrogen) atoms. The maximum Gasteiger partial charge on any atom is 0.275 e. The molecule has 1 aromatic carbocycles. The van der Waals surface area contributed by atoms with Gasteiger partial charge in [-0.25, -0.2) is 9.97 Å². The summed E-state index contributed by atoms with van der Waals surface area (Å²) >= 11 is 1.42. The summed E-state index contributed by atoms with van der Waals surface area (Å²) in [6.07, 6.45) is 4.25. The van der Waals surface area contributed by atoms with Gasteiger partial charge in [0, 0.05) is 54.1 Å². The van der Waals surface area contributed by atoms with Gasteiger partial charge in [0.15, 0.2) is 0 Å². The van der Waals surface area contributed by atoms with Crippen LogP contribution in [0.15, 0.2) is 41.9 Å². The van der Waals surface area contributed by atoms with Crippen molar-refractivity contribution in [3.63, 3.8) is 0 Å². The van der Waals surface area contributed by atoms with Crippen LogP contribution < -0.4 is 19.7 Å². The van der Waals surface area contributed by atoms with Crippen LogP contribution in [-0.4, -0.2) is 43.2 Å². The number of anilines is 2. The molecule has 150 valence electrons. The van der Waals surface area contributed by atoms with E-state index in [1.165, 1.54) is 24.2 Å². The fourth-order valence-corrected chi connectivity index (χ4v) is 4.02. The Hall–Kier alpha value is -3.13. The lowest BCUT2D eigenvalue weighted by Gasteiger charge is -2.15. The Morgan fingerprint density at radius 2 is 1.83 bits per heavy atom. The molecule has 8 heteroatoms. The molecule has 0 unspecified atom stereocenters. The van der Waals surface area contributed by atoms with Crippen LogP contribution in [-0.2, 0) is 0 Å². The summed E-state index contributed by atoms with van der Waals surface area (Å²) in [7, 11) is 3.13. The topological polar surface area (TPSA) is 76.6 Å². The zero-order chi connectivity index (χ0) is 20.2. The van der Waals surface area contributed by atoms with Crippen LogP contribution in [0.1, 0.15) is 23.3 Å². The first-order valence-electron chi connectivity index (χ1n) is 9.37. The number of amides is 1. The molecule has 1 N–H and O–H groups in total. The first kappa shape index (κ1) is 19.2. The summed E-state index contributed by atoms with van der Waals surface area (Å²) in [6.45, 7) is 2.12. The van der Waals surface area contributed by atoms with Crippen LogP contribution in [0.2, 0.25) is 0 Å². The van der Waals surface area contributed by atoms with E-state index >= 15 is 0 Å². The van der Waals surface area contributed by atoms with Gasteiger partial charge < -0.3 is 19.7 Å². The van der Waals surface area contributed by atoms with Crippen LogP contribution in [0.4, 0.5) is 11.5 Å². The number of nitrogens with zero attached hydrogens (tertiary/aromatic N) is 3. The summed E-state index contributed by atoms with van der Waals surface area (Å²) in [5.74, 6) is 1.91. The monoisotopic (exact) mass is 410 g/mol. The first-order chi connectivity index (χ1) is 14.2. The molecule has 3 heterocycles. The molecule has 0 saturated carbocycles. The average Bonchev–Trinajstić information content (AvgIpc) is 3.46. The van der Waals surface area contributed by atoms with Crippen LogP contribution >= 0.6 is 11.3 Å². The number of methoxy groups -OCH3 is 2. The van der Waals surface area contributed by atoms with Crippen molar-refractivity contribution in [2.45, 2.75) is 12.8 Å². The molecule has 1 aliphatic heterocycles. The molecule has 7 nitrogen and oxygen atoms in total. The highest BCUT2D eigenvalue weighted by molar-refractivity contribution is 7.13. The van der Waals surface area contributed by atoms with Gasteiger partial charge in [0.1, 0.15) is 28.0 Å². The maximum absolute atomic E-state index is 12.6. The zero-order valence-electron chi connectivity index (χ0n) is 16.3. The van der Waals surface area contributed by atoms with Crippen molar-refractivity contribution >= 4 is 28.7 Å². The van der Waals surface area contributed by atoms with Crippen molar-refractivity contribution in [3.8, 4) is 22.1 Å². The number of rotatable bonds is 6. The normalized spacial score (nSPS) is 13.4. The Bertz CT molecular complexity index is 975. The number of nitrogens with one attached hydrogen (secondary N) is 1. The lowest BCUT2D eigenvalue weighted by molar-refractivity contribution is 0.102. The minimum atomic E-state index is -0.288. The molecule has 1 aliphatic rings. The molecular formula is C21H22N4O3S. The number of thiazole rings is 1. The van der Waals surface area contributed by atoms with Crippen LogP contribution in [0, 0.1) is 0 Å². The Kier molecular flexibility index (Phi) is 5.62. The summed E-state index contributed by atoms with van der Waals surface area (Å²) in [6, 6.07) is 9.23. The Morgan fingerprint density at radius 1 is 1.10 bits per heavy atom. The van der Waals surface area contributed by atoms with Gasteiger partial charge in [-0.1, -0.05) is 0 Å². The van der Waals surface area contributed by atoms with E-state index in [-0.39, 0.29) is 5.91 Å². The molecule has 0 aliphatic carbocycles. The SMILES string of the molecule is COc1cc(NC(=O)c2csc(-c3ccc(N4CCCC4)nc3)n2)cc(OC)c1. The number of carbonyl (C=O) groups is 1. The summed E-state index contributed by atoms with van der Waals surface area (Å²) in [5.41, 5.74) is 1.84. The Morgan fingerprint density at radius 3 is 2.45 bits per heavy atom. The maximum atomic E-state index is 12.6. The van der Waals surface area contributed by atoms with Crippen molar-refractivity contribution in [2.24, 2.45) is 0 Å². The van der Waals surface area contributed by atoms with Gasteiger partial charge in [0.2, 0.25) is 0 Å². The number of ether oxygens (including phenoxy) is 2. The molecular weight excluding hydrogens is 388 g/mol. The van der Waals surface area contributed by atoms with E-state index in [1.807, 2.05) is 18.3 Å². The first-order valence-corrected chi connectivity index (χ1v) is 10.3.